The predicted molar refractivity (Wildman–Crippen MR) is 58.7 cm³/mol. The van der Waals surface area contributed by atoms with Crippen LogP contribution < -0.4 is 0 Å². The Morgan fingerprint density at radius 3 is 3.00 bits per heavy atom. The first-order valence-corrected chi connectivity index (χ1v) is 5.18. The van der Waals surface area contributed by atoms with E-state index in [0.717, 1.165) is 6.42 Å². The van der Waals surface area contributed by atoms with E-state index >= 15 is 0 Å². The van der Waals surface area contributed by atoms with E-state index in [1.54, 1.807) is 11.1 Å². The Bertz CT molecular complexity index is 291. The smallest absolute Gasteiger partial charge is 0.307 e. The summed E-state index contributed by atoms with van der Waals surface area (Å²) in [5, 5.41) is 11.5. The van der Waals surface area contributed by atoms with Gasteiger partial charge in [-0.2, -0.15) is 0 Å². The maximum atomic E-state index is 11.2. The Morgan fingerprint density at radius 2 is 2.38 bits per heavy atom. The highest BCUT2D eigenvalue weighted by atomic mass is 16.5. The van der Waals surface area contributed by atoms with Crippen LogP contribution in [-0.4, -0.2) is 47.1 Å². The van der Waals surface area contributed by atoms with Gasteiger partial charge in [0.25, 0.3) is 0 Å². The summed E-state index contributed by atoms with van der Waals surface area (Å²) in [7, 11) is 1.84. The van der Waals surface area contributed by atoms with Crippen LogP contribution in [0.3, 0.4) is 0 Å². The summed E-state index contributed by atoms with van der Waals surface area (Å²) in [5.74, 6) is -0.217. The molecule has 1 atom stereocenters. The Morgan fingerprint density at radius 1 is 1.62 bits per heavy atom. The van der Waals surface area contributed by atoms with Crippen LogP contribution in [0.25, 0.3) is 0 Å². The highest BCUT2D eigenvalue weighted by Gasteiger charge is 2.22. The number of hydrogen-bond acceptors (Lipinski definition) is 6. The lowest BCUT2D eigenvalue weighted by molar-refractivity contribution is -0.148. The number of esters is 1. The predicted octanol–water partition coefficient (Wildman–Crippen LogP) is 0.792. The van der Waals surface area contributed by atoms with Crippen molar-refractivity contribution in [1.82, 2.24) is 9.80 Å². The fourth-order valence-electron chi connectivity index (χ4n) is 1.39. The van der Waals surface area contributed by atoms with E-state index in [9.17, 15) is 4.79 Å². The van der Waals surface area contributed by atoms with Gasteiger partial charge < -0.3 is 19.7 Å². The van der Waals surface area contributed by atoms with Crippen LogP contribution >= 0.6 is 0 Å². The van der Waals surface area contributed by atoms with Crippen molar-refractivity contribution in [2.75, 3.05) is 13.8 Å². The molecule has 0 amide bonds. The molecule has 0 aromatic rings. The molecule has 0 bridgehead atoms. The molecule has 0 saturated carbocycles. The molecule has 1 heterocycles. The fraction of sp³-hybridized carbons (Fsp3) is 0.600. The van der Waals surface area contributed by atoms with E-state index in [2.05, 4.69) is 5.16 Å². The van der Waals surface area contributed by atoms with Crippen molar-refractivity contribution in [3.63, 3.8) is 0 Å². The van der Waals surface area contributed by atoms with Crippen molar-refractivity contribution >= 4 is 12.2 Å². The van der Waals surface area contributed by atoms with Crippen LogP contribution in [0.1, 0.15) is 19.8 Å². The van der Waals surface area contributed by atoms with E-state index in [1.165, 1.54) is 6.21 Å². The summed E-state index contributed by atoms with van der Waals surface area (Å²) in [6.45, 7) is 2.09. The zero-order valence-corrected chi connectivity index (χ0v) is 9.54. The van der Waals surface area contributed by atoms with Crippen molar-refractivity contribution in [3.05, 3.63) is 12.4 Å². The van der Waals surface area contributed by atoms with Crippen LogP contribution in [0.4, 0.5) is 0 Å². The van der Waals surface area contributed by atoms with Gasteiger partial charge in [-0.05, 0) is 6.42 Å². The van der Waals surface area contributed by atoms with Gasteiger partial charge >= 0.3 is 5.97 Å². The number of hydrogen-bond donors (Lipinski definition) is 1. The van der Waals surface area contributed by atoms with E-state index in [-0.39, 0.29) is 18.9 Å². The number of nitrogens with zero attached hydrogens (tertiary/aromatic N) is 3. The van der Waals surface area contributed by atoms with E-state index < -0.39 is 0 Å². The molecule has 90 valence electrons. The summed E-state index contributed by atoms with van der Waals surface area (Å²) in [6, 6.07) is 0. The van der Waals surface area contributed by atoms with Crippen LogP contribution in [0.2, 0.25) is 0 Å². The van der Waals surface area contributed by atoms with Crippen LogP contribution in [0, 0.1) is 0 Å². The van der Waals surface area contributed by atoms with Gasteiger partial charge in [-0.3, -0.25) is 4.79 Å². The summed E-state index contributed by atoms with van der Waals surface area (Å²) in [5.41, 5.74) is 0. The lowest BCUT2D eigenvalue weighted by Gasteiger charge is -2.26. The molecular formula is C10H17N3O3. The topological polar surface area (TPSA) is 65.4 Å². The third-order valence-electron chi connectivity index (χ3n) is 2.28. The lowest BCUT2D eigenvalue weighted by atomic mass is 10.3. The third kappa shape index (κ3) is 3.15. The van der Waals surface area contributed by atoms with Gasteiger partial charge in [-0.15, -0.1) is 0 Å². The number of rotatable bonds is 5. The molecule has 0 aliphatic carbocycles. The first-order valence-electron chi connectivity index (χ1n) is 5.18. The Kier molecular flexibility index (Phi) is 4.63. The molecule has 1 rings (SSSR count). The minimum absolute atomic E-state index is 0.163. The second kappa shape index (κ2) is 5.99. The number of oxime groups is 1. The van der Waals surface area contributed by atoms with Crippen molar-refractivity contribution < 1.29 is 14.7 Å². The normalized spacial score (nSPS) is 19.8. The van der Waals surface area contributed by atoms with Crippen LogP contribution in [0.5, 0.6) is 0 Å². The average Bonchev–Trinajstić information content (AvgIpc) is 2.59. The largest absolute Gasteiger partial charge is 0.444 e. The zero-order valence-electron chi connectivity index (χ0n) is 9.54. The van der Waals surface area contributed by atoms with Crippen molar-refractivity contribution in [1.29, 1.82) is 0 Å². The SMILES string of the molecule is CCCC(=O)OCN1C=CN(C)C1/C=N\O. The molecule has 1 N–H and O–H groups in total. The van der Waals surface area contributed by atoms with Gasteiger partial charge in [-0.1, -0.05) is 12.1 Å². The van der Waals surface area contributed by atoms with Gasteiger partial charge in [0.15, 0.2) is 6.73 Å². The molecule has 0 spiro atoms. The Labute approximate surface area is 94.8 Å². The maximum absolute atomic E-state index is 11.2. The second-order valence-corrected chi connectivity index (χ2v) is 3.55. The third-order valence-corrected chi connectivity index (χ3v) is 2.28. The second-order valence-electron chi connectivity index (χ2n) is 3.55. The van der Waals surface area contributed by atoms with Crippen LogP contribution in [-0.2, 0) is 9.53 Å². The lowest BCUT2D eigenvalue weighted by Crippen LogP contribution is -2.39. The Balaban J connectivity index is 2.41. The minimum Gasteiger partial charge on any atom is -0.444 e. The molecule has 6 heteroatoms. The highest BCUT2D eigenvalue weighted by molar-refractivity contribution is 5.69. The minimum atomic E-state index is -0.217. The first kappa shape index (κ1) is 12.4. The van der Waals surface area contributed by atoms with Crippen molar-refractivity contribution in [3.8, 4) is 0 Å². The summed E-state index contributed by atoms with van der Waals surface area (Å²) in [6.07, 6.45) is 5.96. The maximum Gasteiger partial charge on any atom is 0.307 e. The van der Waals surface area contributed by atoms with E-state index in [1.807, 2.05) is 25.1 Å². The first-order chi connectivity index (χ1) is 7.69. The molecule has 0 aromatic heterocycles. The average molecular weight is 227 g/mol. The fourth-order valence-corrected chi connectivity index (χ4v) is 1.39. The van der Waals surface area contributed by atoms with Gasteiger partial charge in [0.05, 0.1) is 6.21 Å². The quantitative estimate of drug-likeness (QED) is 0.325. The van der Waals surface area contributed by atoms with Gasteiger partial charge in [0, 0.05) is 25.9 Å². The standard InChI is InChI=1S/C10H17N3O3/c1-3-4-10(14)16-8-13-6-5-12(2)9(13)7-11-15/h5-7,9,15H,3-4,8H2,1-2H3/b11-7-. The van der Waals surface area contributed by atoms with Crippen LogP contribution in [0.15, 0.2) is 17.6 Å². The number of carbonyl (C=O) groups is 1. The number of carbonyl (C=O) groups excluding carboxylic acids is 1. The molecule has 0 radical (unpaired) electrons. The molecule has 0 aromatic carbocycles. The summed E-state index contributed by atoms with van der Waals surface area (Å²) >= 11 is 0. The monoisotopic (exact) mass is 227 g/mol. The van der Waals surface area contributed by atoms with E-state index in [4.69, 9.17) is 9.94 Å². The molecule has 16 heavy (non-hydrogen) atoms. The molecule has 1 unspecified atom stereocenters. The summed E-state index contributed by atoms with van der Waals surface area (Å²) in [4.78, 5) is 14.8. The highest BCUT2D eigenvalue weighted by Crippen LogP contribution is 2.12. The van der Waals surface area contributed by atoms with Gasteiger partial charge in [0.2, 0.25) is 0 Å². The van der Waals surface area contributed by atoms with Gasteiger partial charge in [-0.25, -0.2) is 0 Å². The molecular weight excluding hydrogens is 210 g/mol. The van der Waals surface area contributed by atoms with Crippen molar-refractivity contribution in [2.24, 2.45) is 5.16 Å². The molecule has 6 nitrogen and oxygen atoms in total. The molecule has 0 fully saturated rings. The van der Waals surface area contributed by atoms with Crippen molar-refractivity contribution in [2.45, 2.75) is 25.9 Å². The molecule has 1 aliphatic heterocycles. The molecule has 1 aliphatic rings. The van der Waals surface area contributed by atoms with E-state index in [0.29, 0.717) is 6.42 Å². The summed E-state index contributed by atoms with van der Waals surface area (Å²) < 4.78 is 5.06. The molecule has 0 saturated heterocycles. The zero-order chi connectivity index (χ0) is 12.0. The van der Waals surface area contributed by atoms with Gasteiger partial charge in [0.1, 0.15) is 6.17 Å². The Hall–Kier alpha value is -1.72. The number of ether oxygens (including phenoxy) is 1.